The molecule has 1 atom stereocenters. The topological polar surface area (TPSA) is 55.7 Å². The van der Waals surface area contributed by atoms with Crippen molar-refractivity contribution >= 4 is 11.6 Å². The molecule has 4 rings (SSSR count). The van der Waals surface area contributed by atoms with Crippen LogP contribution in [0.5, 0.6) is 11.5 Å². The van der Waals surface area contributed by atoms with E-state index in [0.717, 1.165) is 18.8 Å². The van der Waals surface area contributed by atoms with Gasteiger partial charge in [0.05, 0.1) is 6.54 Å². The van der Waals surface area contributed by atoms with Gasteiger partial charge < -0.3 is 19.4 Å². The smallest absolute Gasteiger partial charge is 0.238 e. The van der Waals surface area contributed by atoms with Crippen molar-refractivity contribution < 1.29 is 14.3 Å². The van der Waals surface area contributed by atoms with Gasteiger partial charge in [-0.05, 0) is 31.2 Å². The van der Waals surface area contributed by atoms with Gasteiger partial charge in [0.25, 0.3) is 0 Å². The monoisotopic (exact) mass is 313 g/mol. The maximum atomic E-state index is 12.3. The van der Waals surface area contributed by atoms with Gasteiger partial charge in [-0.25, -0.2) is 0 Å². The second-order valence-electron chi connectivity index (χ2n) is 5.89. The van der Waals surface area contributed by atoms with E-state index in [1.54, 1.807) is 6.07 Å². The predicted molar refractivity (Wildman–Crippen MR) is 85.6 cm³/mol. The van der Waals surface area contributed by atoms with E-state index in [1.165, 1.54) is 5.69 Å². The normalized spacial score (nSPS) is 19.4. The summed E-state index contributed by atoms with van der Waals surface area (Å²) in [5.41, 5.74) is 1.99. The van der Waals surface area contributed by atoms with Crippen LogP contribution >= 0.6 is 0 Å². The lowest BCUT2D eigenvalue weighted by Crippen LogP contribution is -2.41. The van der Waals surface area contributed by atoms with Crippen LogP contribution in [0.3, 0.4) is 0 Å². The average Bonchev–Trinajstić information content (AvgIpc) is 3.18. The van der Waals surface area contributed by atoms with Crippen molar-refractivity contribution in [2.45, 2.75) is 19.5 Å². The lowest BCUT2D eigenvalue weighted by molar-refractivity contribution is -0.118. The maximum absolute atomic E-state index is 12.3. The molecule has 0 saturated heterocycles. The minimum Gasteiger partial charge on any atom is -0.454 e. The molecule has 0 fully saturated rings. The molecule has 0 saturated carbocycles. The van der Waals surface area contributed by atoms with Crippen LogP contribution in [0.1, 0.15) is 18.7 Å². The van der Waals surface area contributed by atoms with Crippen molar-refractivity contribution in [2.24, 2.45) is 0 Å². The number of ether oxygens (including phenoxy) is 2. The Kier molecular flexibility index (Phi) is 3.46. The molecule has 1 N–H and O–H groups in total. The number of carbonyl (C=O) groups is 1. The number of rotatable bonds is 3. The summed E-state index contributed by atoms with van der Waals surface area (Å²) in [4.78, 5) is 14.5. The molecule has 6 nitrogen and oxygen atoms in total. The van der Waals surface area contributed by atoms with Gasteiger partial charge in [-0.15, -0.1) is 0 Å². The van der Waals surface area contributed by atoms with Crippen LogP contribution in [0, 0.1) is 0 Å². The Hall–Kier alpha value is -2.47. The summed E-state index contributed by atoms with van der Waals surface area (Å²) in [6.07, 6.45) is 2.09. The summed E-state index contributed by atoms with van der Waals surface area (Å²) in [5, 5.41) is 2.93. The molecule has 2 aromatic rings. The second kappa shape index (κ2) is 5.62. The fourth-order valence-corrected chi connectivity index (χ4v) is 3.20. The number of nitrogens with one attached hydrogen (secondary N) is 1. The molecule has 2 aliphatic rings. The van der Waals surface area contributed by atoms with E-state index in [0.29, 0.717) is 18.0 Å². The van der Waals surface area contributed by atoms with Crippen LogP contribution in [-0.4, -0.2) is 35.3 Å². The van der Waals surface area contributed by atoms with E-state index in [-0.39, 0.29) is 18.7 Å². The largest absolute Gasteiger partial charge is 0.454 e. The minimum atomic E-state index is -0.0179. The van der Waals surface area contributed by atoms with Crippen LogP contribution in [0.25, 0.3) is 0 Å². The van der Waals surface area contributed by atoms with E-state index in [2.05, 4.69) is 40.0 Å². The molecular formula is C17H19N3O3. The van der Waals surface area contributed by atoms with Crippen LogP contribution in [0.4, 0.5) is 5.69 Å². The Morgan fingerprint density at radius 1 is 1.26 bits per heavy atom. The molecule has 0 radical (unpaired) electrons. The number of carbonyl (C=O) groups excluding carboxylic acids is 1. The number of fused-ring (bicyclic) bond motifs is 2. The highest BCUT2D eigenvalue weighted by atomic mass is 16.7. The van der Waals surface area contributed by atoms with Crippen molar-refractivity contribution in [3.05, 3.63) is 42.2 Å². The van der Waals surface area contributed by atoms with Gasteiger partial charge in [-0.3, -0.25) is 9.69 Å². The van der Waals surface area contributed by atoms with Crippen molar-refractivity contribution in [2.75, 3.05) is 25.2 Å². The van der Waals surface area contributed by atoms with Crippen molar-refractivity contribution in [1.29, 1.82) is 0 Å². The zero-order chi connectivity index (χ0) is 15.8. The molecule has 6 heteroatoms. The summed E-state index contributed by atoms with van der Waals surface area (Å²) in [6.45, 7) is 4.54. The highest BCUT2D eigenvalue weighted by molar-refractivity contribution is 5.92. The molecule has 120 valence electrons. The number of hydrogen-bond acceptors (Lipinski definition) is 4. The maximum Gasteiger partial charge on any atom is 0.238 e. The standard InChI is InChI=1S/C17H19N3O3/c1-12-14-3-2-6-19(14)7-8-20(12)10-17(21)18-13-4-5-15-16(9-13)23-11-22-15/h2-6,9,12H,7-8,10-11H2,1H3,(H,18,21). The molecule has 2 aliphatic heterocycles. The number of anilines is 1. The highest BCUT2D eigenvalue weighted by Gasteiger charge is 2.25. The summed E-state index contributed by atoms with van der Waals surface area (Å²) < 4.78 is 12.9. The first kappa shape index (κ1) is 14.1. The molecule has 1 aromatic heterocycles. The highest BCUT2D eigenvalue weighted by Crippen LogP contribution is 2.34. The lowest BCUT2D eigenvalue weighted by atomic mass is 10.1. The third-order valence-corrected chi connectivity index (χ3v) is 4.47. The first-order valence-corrected chi connectivity index (χ1v) is 7.79. The van der Waals surface area contributed by atoms with E-state index in [1.807, 2.05) is 12.1 Å². The zero-order valence-corrected chi connectivity index (χ0v) is 13.0. The summed E-state index contributed by atoms with van der Waals surface area (Å²) in [5.74, 6) is 1.37. The van der Waals surface area contributed by atoms with E-state index >= 15 is 0 Å². The van der Waals surface area contributed by atoms with Gasteiger partial charge in [-0.2, -0.15) is 0 Å². The van der Waals surface area contributed by atoms with Crippen molar-refractivity contribution in [1.82, 2.24) is 9.47 Å². The average molecular weight is 313 g/mol. The molecular weight excluding hydrogens is 294 g/mol. The van der Waals surface area contributed by atoms with Gasteiger partial charge in [-0.1, -0.05) is 0 Å². The van der Waals surface area contributed by atoms with Gasteiger partial charge >= 0.3 is 0 Å². The van der Waals surface area contributed by atoms with Crippen LogP contribution < -0.4 is 14.8 Å². The Labute approximate surface area is 134 Å². The van der Waals surface area contributed by atoms with Crippen molar-refractivity contribution in [3.63, 3.8) is 0 Å². The van der Waals surface area contributed by atoms with E-state index in [9.17, 15) is 4.79 Å². The SMILES string of the molecule is CC1c2cccn2CCN1CC(=O)Nc1ccc2c(c1)OCO2. The fourth-order valence-electron chi connectivity index (χ4n) is 3.20. The first-order chi connectivity index (χ1) is 11.2. The summed E-state index contributed by atoms with van der Waals surface area (Å²) in [6, 6.07) is 9.85. The number of aromatic nitrogens is 1. The number of nitrogens with zero attached hydrogens (tertiary/aromatic N) is 2. The summed E-state index contributed by atoms with van der Waals surface area (Å²) >= 11 is 0. The molecule has 1 aromatic carbocycles. The van der Waals surface area contributed by atoms with Gasteiger partial charge in [0.1, 0.15) is 0 Å². The number of benzene rings is 1. The molecule has 1 amide bonds. The Morgan fingerprint density at radius 2 is 2.13 bits per heavy atom. The van der Waals surface area contributed by atoms with Gasteiger partial charge in [0.15, 0.2) is 11.5 Å². The fraction of sp³-hybridized carbons (Fsp3) is 0.353. The summed E-state index contributed by atoms with van der Waals surface area (Å²) in [7, 11) is 0. The molecule has 1 unspecified atom stereocenters. The van der Waals surface area contributed by atoms with E-state index in [4.69, 9.17) is 9.47 Å². The van der Waals surface area contributed by atoms with Crippen LogP contribution in [-0.2, 0) is 11.3 Å². The number of amides is 1. The Bertz CT molecular complexity index is 740. The first-order valence-electron chi connectivity index (χ1n) is 7.79. The van der Waals surface area contributed by atoms with Crippen molar-refractivity contribution in [3.8, 4) is 11.5 Å². The third kappa shape index (κ3) is 2.66. The molecule has 23 heavy (non-hydrogen) atoms. The quantitative estimate of drug-likeness (QED) is 0.944. The third-order valence-electron chi connectivity index (χ3n) is 4.47. The van der Waals surface area contributed by atoms with Crippen LogP contribution in [0.15, 0.2) is 36.5 Å². The lowest BCUT2D eigenvalue weighted by Gasteiger charge is -2.34. The second-order valence-corrected chi connectivity index (χ2v) is 5.89. The minimum absolute atomic E-state index is 0.0179. The molecule has 0 bridgehead atoms. The number of hydrogen-bond donors (Lipinski definition) is 1. The molecule has 3 heterocycles. The van der Waals surface area contributed by atoms with E-state index < -0.39 is 0 Å². The molecule has 0 spiro atoms. The van der Waals surface area contributed by atoms with Gasteiger partial charge in [0, 0.05) is 42.8 Å². The zero-order valence-electron chi connectivity index (χ0n) is 13.0. The molecule has 0 aliphatic carbocycles. The Morgan fingerprint density at radius 3 is 3.04 bits per heavy atom. The van der Waals surface area contributed by atoms with Crippen LogP contribution in [0.2, 0.25) is 0 Å². The Balaban J connectivity index is 1.41. The van der Waals surface area contributed by atoms with Gasteiger partial charge in [0.2, 0.25) is 12.7 Å². The predicted octanol–water partition coefficient (Wildman–Crippen LogP) is 2.23.